The van der Waals surface area contributed by atoms with Crippen LogP contribution < -0.4 is 9.80 Å². The number of hydrogen-bond donors (Lipinski definition) is 1. The number of nitrogens with zero attached hydrogens (tertiary/aromatic N) is 2. The number of carboxylic acid groups (broad SMARTS) is 1. The average Bonchev–Trinajstić information content (AvgIpc) is 2.37. The van der Waals surface area contributed by atoms with Gasteiger partial charge in [0.15, 0.2) is 0 Å². The van der Waals surface area contributed by atoms with Crippen LogP contribution in [0.15, 0.2) is 24.3 Å². The Labute approximate surface area is 125 Å². The van der Waals surface area contributed by atoms with Gasteiger partial charge in [0.05, 0.1) is 11.4 Å². The van der Waals surface area contributed by atoms with Gasteiger partial charge in [0.1, 0.15) is 5.92 Å². The highest BCUT2D eigenvalue weighted by Crippen LogP contribution is 2.35. The van der Waals surface area contributed by atoms with Crippen LogP contribution in [0.1, 0.15) is 20.8 Å². The lowest BCUT2D eigenvalue weighted by Gasteiger charge is -2.38. The normalized spacial score (nSPS) is 16.4. The van der Waals surface area contributed by atoms with Crippen molar-refractivity contribution < 1.29 is 14.7 Å². The van der Waals surface area contributed by atoms with Crippen LogP contribution in [0.25, 0.3) is 0 Å². The molecule has 5 heteroatoms. The van der Waals surface area contributed by atoms with Crippen LogP contribution in [0.3, 0.4) is 0 Å². The number of para-hydroxylation sites is 2. The van der Waals surface area contributed by atoms with E-state index in [1.165, 1.54) is 0 Å². The van der Waals surface area contributed by atoms with Gasteiger partial charge in [0.25, 0.3) is 0 Å². The Bertz CT molecular complexity index is 563. The predicted octanol–water partition coefficient (Wildman–Crippen LogP) is 2.22. The zero-order valence-electron chi connectivity index (χ0n) is 13.0. The summed E-state index contributed by atoms with van der Waals surface area (Å²) in [7, 11) is 1.97. The Morgan fingerprint density at radius 1 is 1.14 bits per heavy atom. The van der Waals surface area contributed by atoms with Gasteiger partial charge in [0.2, 0.25) is 5.91 Å². The fourth-order valence-corrected chi connectivity index (χ4v) is 2.74. The van der Waals surface area contributed by atoms with E-state index in [0.717, 1.165) is 11.4 Å². The number of aliphatic carboxylic acids is 1. The smallest absolute Gasteiger partial charge is 0.316 e. The van der Waals surface area contributed by atoms with Gasteiger partial charge in [0, 0.05) is 20.1 Å². The molecule has 0 bridgehead atoms. The highest BCUT2D eigenvalue weighted by Gasteiger charge is 2.41. The first-order chi connectivity index (χ1) is 9.73. The number of fused-ring (bicyclic) bond motifs is 1. The summed E-state index contributed by atoms with van der Waals surface area (Å²) in [6.45, 7) is 6.55. The molecule has 0 radical (unpaired) electrons. The Hall–Kier alpha value is -2.04. The third-order valence-corrected chi connectivity index (χ3v) is 3.87. The van der Waals surface area contributed by atoms with Crippen LogP contribution in [0, 0.1) is 11.3 Å². The minimum Gasteiger partial charge on any atom is -0.481 e. The lowest BCUT2D eigenvalue weighted by molar-refractivity contribution is -0.150. The molecule has 5 nitrogen and oxygen atoms in total. The fraction of sp³-hybridized carbons (Fsp3) is 0.500. The van der Waals surface area contributed by atoms with E-state index in [1.807, 2.05) is 31.3 Å². The molecule has 1 unspecified atom stereocenters. The monoisotopic (exact) mass is 290 g/mol. The number of hydrogen-bond acceptors (Lipinski definition) is 3. The van der Waals surface area contributed by atoms with Crippen LogP contribution in [-0.2, 0) is 9.59 Å². The van der Waals surface area contributed by atoms with E-state index >= 15 is 0 Å². The SMILES string of the molecule is CN1CCN(C(=O)C(C(=O)O)C(C)(C)C)c2ccccc21. The molecule has 0 fully saturated rings. The Balaban J connectivity index is 2.41. The number of benzene rings is 1. The highest BCUT2D eigenvalue weighted by molar-refractivity contribution is 6.08. The predicted molar refractivity (Wildman–Crippen MR) is 82.6 cm³/mol. The average molecular weight is 290 g/mol. The standard InChI is InChI=1S/C16H22N2O3/c1-16(2,3)13(15(20)21)14(19)18-10-9-17(4)11-7-5-6-8-12(11)18/h5-8,13H,9-10H2,1-4H3,(H,20,21). The van der Waals surface area contributed by atoms with Gasteiger partial charge in [-0.15, -0.1) is 0 Å². The Kier molecular flexibility index (Phi) is 3.94. The van der Waals surface area contributed by atoms with E-state index in [1.54, 1.807) is 25.7 Å². The molecule has 2 rings (SSSR count). The molecule has 1 atom stereocenters. The van der Waals surface area contributed by atoms with Crippen LogP contribution >= 0.6 is 0 Å². The molecule has 1 amide bonds. The topological polar surface area (TPSA) is 60.9 Å². The van der Waals surface area contributed by atoms with E-state index in [0.29, 0.717) is 13.1 Å². The molecule has 0 aromatic heterocycles. The lowest BCUT2D eigenvalue weighted by Crippen LogP contribution is -2.49. The van der Waals surface area contributed by atoms with Crippen molar-refractivity contribution >= 4 is 23.3 Å². The maximum absolute atomic E-state index is 12.8. The summed E-state index contributed by atoms with van der Waals surface area (Å²) in [4.78, 5) is 28.0. The molecule has 1 aromatic rings. The molecule has 21 heavy (non-hydrogen) atoms. The van der Waals surface area contributed by atoms with Crippen LogP contribution in [-0.4, -0.2) is 37.1 Å². The van der Waals surface area contributed by atoms with Gasteiger partial charge in [-0.3, -0.25) is 9.59 Å². The summed E-state index contributed by atoms with van der Waals surface area (Å²) in [5, 5.41) is 9.45. The van der Waals surface area contributed by atoms with Gasteiger partial charge >= 0.3 is 5.97 Å². The fourth-order valence-electron chi connectivity index (χ4n) is 2.74. The molecule has 1 aliphatic heterocycles. The highest BCUT2D eigenvalue weighted by atomic mass is 16.4. The second-order valence-electron chi connectivity index (χ2n) is 6.54. The van der Waals surface area contributed by atoms with Crippen molar-refractivity contribution in [3.05, 3.63) is 24.3 Å². The molecule has 0 spiro atoms. The van der Waals surface area contributed by atoms with Crippen molar-refractivity contribution in [3.63, 3.8) is 0 Å². The van der Waals surface area contributed by atoms with Crippen LogP contribution in [0.4, 0.5) is 11.4 Å². The first kappa shape index (κ1) is 15.4. The summed E-state index contributed by atoms with van der Waals surface area (Å²) in [5.74, 6) is -2.45. The minimum absolute atomic E-state index is 0.337. The summed E-state index contributed by atoms with van der Waals surface area (Å²) in [6, 6.07) is 7.60. The summed E-state index contributed by atoms with van der Waals surface area (Å²) in [5.41, 5.74) is 1.11. The molecule has 0 aliphatic carbocycles. The van der Waals surface area contributed by atoms with E-state index in [2.05, 4.69) is 4.90 Å². The number of carbonyl (C=O) groups excluding carboxylic acids is 1. The minimum atomic E-state index is -1.07. The quantitative estimate of drug-likeness (QED) is 0.848. The van der Waals surface area contributed by atoms with E-state index in [9.17, 15) is 14.7 Å². The molecular formula is C16H22N2O3. The summed E-state index contributed by atoms with van der Waals surface area (Å²) >= 11 is 0. The molecule has 1 N–H and O–H groups in total. The first-order valence-corrected chi connectivity index (χ1v) is 7.08. The zero-order chi connectivity index (χ0) is 15.8. The van der Waals surface area contributed by atoms with Gasteiger partial charge in [-0.1, -0.05) is 32.9 Å². The third kappa shape index (κ3) is 2.86. The van der Waals surface area contributed by atoms with Crippen molar-refractivity contribution in [3.8, 4) is 0 Å². The molecule has 114 valence electrons. The lowest BCUT2D eigenvalue weighted by atomic mass is 9.79. The molecule has 0 saturated carbocycles. The zero-order valence-corrected chi connectivity index (χ0v) is 13.0. The maximum atomic E-state index is 12.8. The second kappa shape index (κ2) is 5.39. The van der Waals surface area contributed by atoms with Crippen LogP contribution in [0.2, 0.25) is 0 Å². The van der Waals surface area contributed by atoms with Gasteiger partial charge < -0.3 is 14.9 Å². The third-order valence-electron chi connectivity index (χ3n) is 3.87. The van der Waals surface area contributed by atoms with Crippen molar-refractivity contribution in [2.45, 2.75) is 20.8 Å². The molecule has 1 aromatic carbocycles. The maximum Gasteiger partial charge on any atom is 0.316 e. The van der Waals surface area contributed by atoms with Crippen molar-refractivity contribution in [2.24, 2.45) is 11.3 Å². The largest absolute Gasteiger partial charge is 0.481 e. The van der Waals surface area contributed by atoms with E-state index in [-0.39, 0.29) is 5.91 Å². The van der Waals surface area contributed by atoms with Gasteiger partial charge in [-0.25, -0.2) is 0 Å². The first-order valence-electron chi connectivity index (χ1n) is 7.08. The summed E-state index contributed by atoms with van der Waals surface area (Å²) < 4.78 is 0. The van der Waals surface area contributed by atoms with E-state index in [4.69, 9.17) is 0 Å². The molecule has 0 saturated heterocycles. The number of anilines is 2. The Morgan fingerprint density at radius 2 is 1.71 bits per heavy atom. The number of carboxylic acids is 1. The van der Waals surface area contributed by atoms with Crippen molar-refractivity contribution in [1.29, 1.82) is 0 Å². The number of carbonyl (C=O) groups is 2. The Morgan fingerprint density at radius 3 is 2.24 bits per heavy atom. The number of amides is 1. The number of likely N-dealkylation sites (N-methyl/N-ethyl adjacent to an activating group) is 1. The summed E-state index contributed by atoms with van der Waals surface area (Å²) in [6.07, 6.45) is 0. The van der Waals surface area contributed by atoms with Crippen molar-refractivity contribution in [1.82, 2.24) is 0 Å². The molecule has 1 heterocycles. The van der Waals surface area contributed by atoms with Crippen LogP contribution in [0.5, 0.6) is 0 Å². The molecular weight excluding hydrogens is 268 g/mol. The molecule has 1 aliphatic rings. The number of rotatable bonds is 2. The van der Waals surface area contributed by atoms with Gasteiger partial charge in [-0.05, 0) is 17.5 Å². The van der Waals surface area contributed by atoms with E-state index < -0.39 is 17.3 Å². The van der Waals surface area contributed by atoms with Crippen molar-refractivity contribution in [2.75, 3.05) is 29.9 Å². The second-order valence-corrected chi connectivity index (χ2v) is 6.54. The van der Waals surface area contributed by atoms with Gasteiger partial charge in [-0.2, -0.15) is 0 Å².